The minimum atomic E-state index is -3.27. The van der Waals surface area contributed by atoms with Crippen LogP contribution in [0.4, 0.5) is 0 Å². The highest BCUT2D eigenvalue weighted by atomic mass is 32.2. The summed E-state index contributed by atoms with van der Waals surface area (Å²) in [5.41, 5.74) is 5.89. The number of benzene rings is 2. The van der Waals surface area contributed by atoms with Crippen LogP contribution >= 0.6 is 0 Å². The van der Waals surface area contributed by atoms with Crippen LogP contribution in [-0.2, 0) is 19.4 Å². The molecule has 2 aromatic carbocycles. The number of carbonyl (C=O) groups excluding carboxylic acids is 1. The summed E-state index contributed by atoms with van der Waals surface area (Å²) in [6, 6.07) is 11.0. The van der Waals surface area contributed by atoms with Crippen molar-refractivity contribution in [1.29, 1.82) is 0 Å². The molecule has 0 saturated carbocycles. The van der Waals surface area contributed by atoms with Crippen molar-refractivity contribution in [2.24, 2.45) is 0 Å². The van der Waals surface area contributed by atoms with Crippen LogP contribution in [0.5, 0.6) is 0 Å². The molecule has 0 aromatic heterocycles. The average molecular weight is 356 g/mol. The number of cyclic esters (lactones) is 1. The van der Waals surface area contributed by atoms with Crippen LogP contribution in [0.1, 0.15) is 27.8 Å². The Bertz CT molecular complexity index is 1010. The van der Waals surface area contributed by atoms with Crippen molar-refractivity contribution in [2.45, 2.75) is 25.7 Å². The lowest BCUT2D eigenvalue weighted by molar-refractivity contribution is -0.133. The fourth-order valence-electron chi connectivity index (χ4n) is 3.08. The number of aryl methyl sites for hydroxylation is 3. The first-order chi connectivity index (χ1) is 11.7. The van der Waals surface area contributed by atoms with Gasteiger partial charge in [0.05, 0.1) is 10.5 Å². The summed E-state index contributed by atoms with van der Waals surface area (Å²) in [4.78, 5) is 12.6. The lowest BCUT2D eigenvalue weighted by Gasteiger charge is -2.10. The Hall–Kier alpha value is -2.40. The van der Waals surface area contributed by atoms with Crippen LogP contribution < -0.4 is 0 Å². The van der Waals surface area contributed by atoms with E-state index in [4.69, 9.17) is 4.74 Å². The molecule has 4 nitrogen and oxygen atoms in total. The number of ether oxygens (including phenoxy) is 1. The molecule has 0 saturated heterocycles. The number of hydrogen-bond donors (Lipinski definition) is 0. The molecular weight excluding hydrogens is 336 g/mol. The van der Waals surface area contributed by atoms with Gasteiger partial charge in [-0.25, -0.2) is 13.2 Å². The maximum absolute atomic E-state index is 12.3. The van der Waals surface area contributed by atoms with Gasteiger partial charge in [-0.1, -0.05) is 30.3 Å². The summed E-state index contributed by atoms with van der Waals surface area (Å²) in [5, 5.41) is 0. The van der Waals surface area contributed by atoms with Crippen molar-refractivity contribution in [3.63, 3.8) is 0 Å². The van der Waals surface area contributed by atoms with E-state index in [1.54, 1.807) is 25.1 Å². The van der Waals surface area contributed by atoms with Gasteiger partial charge in [0.15, 0.2) is 9.84 Å². The summed E-state index contributed by atoms with van der Waals surface area (Å²) >= 11 is 0. The van der Waals surface area contributed by atoms with E-state index in [1.807, 2.05) is 32.0 Å². The predicted octanol–water partition coefficient (Wildman–Crippen LogP) is 3.48. The molecule has 0 fully saturated rings. The van der Waals surface area contributed by atoms with Gasteiger partial charge in [0.2, 0.25) is 0 Å². The zero-order chi connectivity index (χ0) is 18.4. The van der Waals surface area contributed by atoms with Crippen molar-refractivity contribution in [1.82, 2.24) is 0 Å². The van der Waals surface area contributed by atoms with Gasteiger partial charge >= 0.3 is 5.97 Å². The Balaban J connectivity index is 2.16. The second-order valence-electron chi connectivity index (χ2n) is 6.48. The third-order valence-electron chi connectivity index (χ3n) is 4.57. The summed E-state index contributed by atoms with van der Waals surface area (Å²) < 4.78 is 28.9. The molecule has 2 aromatic rings. The Morgan fingerprint density at radius 2 is 1.52 bits per heavy atom. The second kappa shape index (κ2) is 6.15. The van der Waals surface area contributed by atoms with Gasteiger partial charge in [0, 0.05) is 11.8 Å². The Morgan fingerprint density at radius 1 is 0.880 bits per heavy atom. The molecule has 25 heavy (non-hydrogen) atoms. The van der Waals surface area contributed by atoms with Gasteiger partial charge in [-0.2, -0.15) is 0 Å². The fraction of sp³-hybridized carbons (Fsp3) is 0.250. The normalized spacial score (nSPS) is 14.8. The first kappa shape index (κ1) is 17.4. The molecule has 0 aliphatic carbocycles. The van der Waals surface area contributed by atoms with E-state index in [-0.39, 0.29) is 12.6 Å². The van der Waals surface area contributed by atoms with E-state index in [2.05, 4.69) is 0 Å². The zero-order valence-electron chi connectivity index (χ0n) is 14.7. The monoisotopic (exact) mass is 356 g/mol. The van der Waals surface area contributed by atoms with E-state index in [1.165, 1.54) is 6.26 Å². The summed E-state index contributed by atoms with van der Waals surface area (Å²) in [7, 11) is -3.27. The lowest BCUT2D eigenvalue weighted by atomic mass is 9.94. The van der Waals surface area contributed by atoms with Crippen molar-refractivity contribution in [3.8, 4) is 0 Å². The van der Waals surface area contributed by atoms with E-state index in [9.17, 15) is 13.2 Å². The molecule has 5 heteroatoms. The summed E-state index contributed by atoms with van der Waals surface area (Å²) in [6.45, 7) is 5.98. The van der Waals surface area contributed by atoms with E-state index in [0.29, 0.717) is 16.0 Å². The number of esters is 1. The van der Waals surface area contributed by atoms with Gasteiger partial charge in [0.1, 0.15) is 6.61 Å². The maximum atomic E-state index is 12.3. The zero-order valence-corrected chi connectivity index (χ0v) is 15.5. The van der Waals surface area contributed by atoms with Crippen LogP contribution in [-0.4, -0.2) is 27.2 Å². The molecule has 1 aliphatic rings. The highest BCUT2D eigenvalue weighted by Crippen LogP contribution is 2.34. The van der Waals surface area contributed by atoms with Crippen LogP contribution in [0.3, 0.4) is 0 Å². The molecule has 0 amide bonds. The maximum Gasteiger partial charge on any atom is 0.339 e. The van der Waals surface area contributed by atoms with Gasteiger partial charge in [-0.05, 0) is 54.7 Å². The molecule has 0 unspecified atom stereocenters. The molecule has 0 spiro atoms. The molecule has 130 valence electrons. The van der Waals surface area contributed by atoms with E-state index >= 15 is 0 Å². The van der Waals surface area contributed by atoms with Crippen LogP contribution in [0, 0.1) is 20.8 Å². The second-order valence-corrected chi connectivity index (χ2v) is 8.47. The third-order valence-corrected chi connectivity index (χ3v) is 5.83. The molecule has 1 heterocycles. The van der Waals surface area contributed by atoms with E-state index < -0.39 is 9.84 Å². The molecule has 0 N–H and O–H groups in total. The minimum Gasteiger partial charge on any atom is -0.457 e. The number of rotatable bonds is 3. The Morgan fingerprint density at radius 3 is 2.12 bits per heavy atom. The van der Waals surface area contributed by atoms with Crippen molar-refractivity contribution in [2.75, 3.05) is 12.9 Å². The number of sulfone groups is 1. The smallest absolute Gasteiger partial charge is 0.339 e. The van der Waals surface area contributed by atoms with Gasteiger partial charge in [-0.15, -0.1) is 0 Å². The van der Waals surface area contributed by atoms with Crippen molar-refractivity contribution in [3.05, 3.63) is 64.2 Å². The average Bonchev–Trinajstić information content (AvgIpc) is 2.90. The van der Waals surface area contributed by atoms with Gasteiger partial charge in [0.25, 0.3) is 0 Å². The third kappa shape index (κ3) is 3.24. The molecule has 1 aliphatic heterocycles. The van der Waals surface area contributed by atoms with Crippen LogP contribution in [0.15, 0.2) is 41.3 Å². The van der Waals surface area contributed by atoms with Crippen molar-refractivity contribution >= 4 is 27.0 Å². The van der Waals surface area contributed by atoms with Crippen LogP contribution in [0.2, 0.25) is 0 Å². The quantitative estimate of drug-likeness (QED) is 0.790. The minimum absolute atomic E-state index is 0.193. The summed E-state index contributed by atoms with van der Waals surface area (Å²) in [6.07, 6.45) is 1.19. The Kier molecular flexibility index (Phi) is 4.29. The molecule has 0 bridgehead atoms. The van der Waals surface area contributed by atoms with Gasteiger partial charge in [-0.3, -0.25) is 0 Å². The van der Waals surface area contributed by atoms with E-state index in [0.717, 1.165) is 27.8 Å². The molecule has 0 radical (unpaired) electrons. The number of hydrogen-bond acceptors (Lipinski definition) is 4. The standard InChI is InChI=1S/C20H20O4S/c1-12-5-6-16(9-13(12)2)19-17(11-24-20(19)21)15-7-8-18(14(3)10-15)25(4,22)23/h5-10H,11H2,1-4H3. The SMILES string of the molecule is Cc1ccc(C2=C(c3ccc(S(C)(=O)=O)c(C)c3)COC2=O)cc1C. The first-order valence-corrected chi connectivity index (χ1v) is 9.86. The van der Waals surface area contributed by atoms with Gasteiger partial charge < -0.3 is 4.74 Å². The largest absolute Gasteiger partial charge is 0.457 e. The van der Waals surface area contributed by atoms with Crippen LogP contribution in [0.25, 0.3) is 11.1 Å². The molecule has 3 rings (SSSR count). The highest BCUT2D eigenvalue weighted by molar-refractivity contribution is 7.90. The topological polar surface area (TPSA) is 60.4 Å². The fourth-order valence-corrected chi connectivity index (χ4v) is 4.03. The highest BCUT2D eigenvalue weighted by Gasteiger charge is 2.28. The van der Waals surface area contributed by atoms with Crippen molar-refractivity contribution < 1.29 is 17.9 Å². The molecular formula is C20H20O4S. The summed E-state index contributed by atoms with van der Waals surface area (Å²) in [5.74, 6) is -0.344. The lowest BCUT2D eigenvalue weighted by Crippen LogP contribution is -2.01. The number of carbonyl (C=O) groups is 1. The first-order valence-electron chi connectivity index (χ1n) is 7.97. The molecule has 0 atom stereocenters. The Labute approximate surface area is 148 Å². The predicted molar refractivity (Wildman–Crippen MR) is 98.0 cm³/mol.